The van der Waals surface area contributed by atoms with Crippen LogP contribution >= 0.6 is 11.6 Å². The number of aliphatic hydroxyl groups is 1. The normalized spacial score (nSPS) is 23.7. The van der Waals surface area contributed by atoms with E-state index in [2.05, 4.69) is 48.2 Å². The molecule has 1 aliphatic heterocycles. The summed E-state index contributed by atoms with van der Waals surface area (Å²) in [5, 5.41) is 14.7. The quantitative estimate of drug-likeness (QED) is 0.418. The summed E-state index contributed by atoms with van der Waals surface area (Å²) in [5.74, 6) is 1.47. The average molecular weight is 520 g/mol. The van der Waals surface area contributed by atoms with E-state index in [1.165, 1.54) is 5.56 Å². The second-order valence-electron chi connectivity index (χ2n) is 9.84. The highest BCUT2D eigenvalue weighted by Gasteiger charge is 2.45. The molecule has 2 heterocycles. The van der Waals surface area contributed by atoms with Gasteiger partial charge in [0.15, 0.2) is 5.82 Å². The summed E-state index contributed by atoms with van der Waals surface area (Å²) in [7, 11) is 0. The van der Waals surface area contributed by atoms with Crippen LogP contribution in [0.25, 0.3) is 5.57 Å². The van der Waals surface area contributed by atoms with Crippen molar-refractivity contribution in [2.24, 2.45) is 5.92 Å². The number of aryl methyl sites for hydroxylation is 1. The van der Waals surface area contributed by atoms with E-state index in [4.69, 9.17) is 25.8 Å². The van der Waals surface area contributed by atoms with Gasteiger partial charge in [0, 0.05) is 24.6 Å². The molecule has 1 N–H and O–H groups in total. The van der Waals surface area contributed by atoms with Crippen molar-refractivity contribution in [2.45, 2.75) is 38.3 Å². The van der Waals surface area contributed by atoms with Gasteiger partial charge in [-0.1, -0.05) is 66.2 Å². The van der Waals surface area contributed by atoms with E-state index in [0.717, 1.165) is 30.4 Å². The molecule has 192 valence electrons. The van der Waals surface area contributed by atoms with Gasteiger partial charge in [0.1, 0.15) is 18.6 Å². The van der Waals surface area contributed by atoms with Crippen LogP contribution in [0.2, 0.25) is 5.02 Å². The molecule has 1 saturated heterocycles. The summed E-state index contributed by atoms with van der Waals surface area (Å²) in [6.07, 6.45) is 7.40. The Morgan fingerprint density at radius 2 is 2.14 bits per heavy atom. The summed E-state index contributed by atoms with van der Waals surface area (Å²) >= 11 is 6.42. The third kappa shape index (κ3) is 5.12. The van der Waals surface area contributed by atoms with Gasteiger partial charge >= 0.3 is 0 Å². The predicted octanol–water partition coefficient (Wildman–Crippen LogP) is 5.02. The molecule has 3 aromatic rings. The van der Waals surface area contributed by atoms with Crippen molar-refractivity contribution in [3.8, 4) is 5.75 Å². The molecule has 0 bridgehead atoms. The molecule has 1 aromatic heterocycles. The molecule has 0 spiro atoms. The zero-order valence-corrected chi connectivity index (χ0v) is 21.7. The first-order valence-electron chi connectivity index (χ1n) is 12.5. The number of hydrogen-bond donors (Lipinski definition) is 1. The largest absolute Gasteiger partial charge is 0.491 e. The maximum Gasteiger partial charge on any atom is 0.240 e. The van der Waals surface area contributed by atoms with Crippen LogP contribution in [0.5, 0.6) is 5.75 Å². The molecule has 3 atom stereocenters. The van der Waals surface area contributed by atoms with E-state index in [1.54, 1.807) is 18.2 Å². The second kappa shape index (κ2) is 10.6. The van der Waals surface area contributed by atoms with Crippen LogP contribution in [0.1, 0.15) is 46.5 Å². The molecule has 2 unspecified atom stereocenters. The monoisotopic (exact) mass is 519 g/mol. The van der Waals surface area contributed by atoms with E-state index in [0.29, 0.717) is 41.1 Å². The lowest BCUT2D eigenvalue weighted by Gasteiger charge is -2.37. The van der Waals surface area contributed by atoms with E-state index in [-0.39, 0.29) is 18.6 Å². The maximum atomic E-state index is 11.1. The third-order valence-electron chi connectivity index (χ3n) is 7.41. The van der Waals surface area contributed by atoms with Gasteiger partial charge in [-0.15, -0.1) is 0 Å². The first-order valence-corrected chi connectivity index (χ1v) is 12.8. The number of allylic oxidation sites excluding steroid dienone is 3. The summed E-state index contributed by atoms with van der Waals surface area (Å²) in [5.41, 5.74) is 3.25. The van der Waals surface area contributed by atoms with Gasteiger partial charge in [-0.25, -0.2) is 0 Å². The zero-order valence-electron chi connectivity index (χ0n) is 20.9. The Morgan fingerprint density at radius 1 is 1.30 bits per heavy atom. The van der Waals surface area contributed by atoms with Gasteiger partial charge < -0.3 is 14.4 Å². The minimum atomic E-state index is -0.731. The maximum absolute atomic E-state index is 11.1. The lowest BCUT2D eigenvalue weighted by Crippen LogP contribution is -2.41. The van der Waals surface area contributed by atoms with Gasteiger partial charge in [0.25, 0.3) is 0 Å². The molecular weight excluding hydrogens is 490 g/mol. The number of benzene rings is 2. The van der Waals surface area contributed by atoms with Gasteiger partial charge in [-0.05, 0) is 48.2 Å². The van der Waals surface area contributed by atoms with E-state index >= 15 is 0 Å². The number of rotatable bonds is 8. The van der Waals surface area contributed by atoms with Gasteiger partial charge in [0.2, 0.25) is 5.89 Å². The van der Waals surface area contributed by atoms with E-state index in [9.17, 15) is 9.90 Å². The Morgan fingerprint density at radius 3 is 2.86 bits per heavy atom. The molecule has 7 nitrogen and oxygen atoms in total. The number of aliphatic hydroxyl groups excluding tert-OH is 1. The lowest BCUT2D eigenvalue weighted by molar-refractivity contribution is 0.112. The van der Waals surface area contributed by atoms with Crippen molar-refractivity contribution in [1.29, 1.82) is 0 Å². The summed E-state index contributed by atoms with van der Waals surface area (Å²) in [6.45, 7) is 6.34. The first-order chi connectivity index (χ1) is 17.9. The standard InChI is InChI=1S/C29H30ClN3O4/c1-19-6-3-4-7-23(19)24-8-5-12-29(20(24)2,18-36-26-10-9-21(17-34)14-25(26)30)28-31-27(37-32-28)16-33-13-11-22(35)15-33/h3-10,12,14,17,20,22,35H,11,13,15-16,18H2,1-2H3/t20-,22?,29?/m1/s1. The molecule has 0 amide bonds. The minimum Gasteiger partial charge on any atom is -0.491 e. The van der Waals surface area contributed by atoms with Crippen LogP contribution in [0, 0.1) is 12.8 Å². The predicted molar refractivity (Wildman–Crippen MR) is 142 cm³/mol. The van der Waals surface area contributed by atoms with Gasteiger partial charge in [-0.3, -0.25) is 9.69 Å². The van der Waals surface area contributed by atoms with Crippen LogP contribution in [0.4, 0.5) is 0 Å². The van der Waals surface area contributed by atoms with Crippen molar-refractivity contribution >= 4 is 23.5 Å². The van der Waals surface area contributed by atoms with Crippen LogP contribution in [0.3, 0.4) is 0 Å². The van der Waals surface area contributed by atoms with Gasteiger partial charge in [-0.2, -0.15) is 4.98 Å². The number of hydrogen-bond acceptors (Lipinski definition) is 7. The first kappa shape index (κ1) is 25.4. The number of ether oxygens (including phenoxy) is 1. The fourth-order valence-corrected chi connectivity index (χ4v) is 5.42. The van der Waals surface area contributed by atoms with Crippen LogP contribution in [-0.4, -0.2) is 52.2 Å². The molecule has 37 heavy (non-hydrogen) atoms. The highest BCUT2D eigenvalue weighted by molar-refractivity contribution is 6.32. The highest BCUT2D eigenvalue weighted by Crippen LogP contribution is 2.44. The number of β-amino-alcohol motifs (C(OH)–C–C–N with tert-alkyl or cyclic N) is 1. The van der Waals surface area contributed by atoms with Gasteiger partial charge in [0.05, 0.1) is 23.1 Å². The topological polar surface area (TPSA) is 88.7 Å². The van der Waals surface area contributed by atoms with Crippen molar-refractivity contribution in [1.82, 2.24) is 15.0 Å². The van der Waals surface area contributed by atoms with Crippen LogP contribution in [-0.2, 0) is 12.0 Å². The van der Waals surface area contributed by atoms with E-state index < -0.39 is 5.41 Å². The SMILES string of the molecule is Cc1ccccc1C1=CC=CC(COc2ccc(C=O)cc2Cl)(c2noc(CN3CCC(O)C3)n2)[C@@H]1C. The molecule has 2 aliphatic rings. The average Bonchev–Trinajstić information content (AvgIpc) is 3.54. The van der Waals surface area contributed by atoms with Crippen molar-refractivity contribution in [3.63, 3.8) is 0 Å². The zero-order chi connectivity index (χ0) is 26.0. The minimum absolute atomic E-state index is 0.0503. The molecule has 5 rings (SSSR count). The van der Waals surface area contributed by atoms with Crippen molar-refractivity contribution in [3.05, 3.63) is 94.1 Å². The Kier molecular flexibility index (Phi) is 7.29. The number of carbonyl (C=O) groups is 1. The summed E-state index contributed by atoms with van der Waals surface area (Å²) in [4.78, 5) is 18.1. The highest BCUT2D eigenvalue weighted by atomic mass is 35.5. The molecule has 1 fully saturated rings. The lowest BCUT2D eigenvalue weighted by atomic mass is 9.68. The number of nitrogens with zero attached hydrogens (tertiary/aromatic N) is 3. The molecule has 0 saturated carbocycles. The Bertz CT molecular complexity index is 1350. The number of likely N-dealkylation sites (tertiary alicyclic amines) is 1. The fraction of sp³-hybridized carbons (Fsp3) is 0.345. The number of carbonyl (C=O) groups excluding carboxylic acids is 1. The van der Waals surface area contributed by atoms with Crippen molar-refractivity contribution < 1.29 is 19.2 Å². The molecular formula is C29H30ClN3O4. The molecule has 8 heteroatoms. The van der Waals surface area contributed by atoms with Crippen molar-refractivity contribution in [2.75, 3.05) is 19.7 Å². The third-order valence-corrected chi connectivity index (χ3v) is 7.71. The Hall–Kier alpha value is -3.26. The number of aldehydes is 1. The molecule has 1 aliphatic carbocycles. The molecule has 0 radical (unpaired) electrons. The second-order valence-corrected chi connectivity index (χ2v) is 10.3. The number of aromatic nitrogens is 2. The Balaban J connectivity index is 1.49. The van der Waals surface area contributed by atoms with Crippen LogP contribution < -0.4 is 4.74 Å². The summed E-state index contributed by atoms with van der Waals surface area (Å²) in [6, 6.07) is 13.3. The molecule has 2 aromatic carbocycles. The number of halogens is 1. The van der Waals surface area contributed by atoms with Crippen LogP contribution in [0.15, 0.2) is 65.2 Å². The fourth-order valence-electron chi connectivity index (χ4n) is 5.18. The van der Waals surface area contributed by atoms with E-state index in [1.807, 2.05) is 18.2 Å². The smallest absolute Gasteiger partial charge is 0.240 e. The summed E-state index contributed by atoms with van der Waals surface area (Å²) < 4.78 is 12.0. The Labute approximate surface area is 221 Å².